The Balaban J connectivity index is 1.82. The van der Waals surface area contributed by atoms with Crippen LogP contribution in [0.4, 0.5) is 0 Å². The highest BCUT2D eigenvalue weighted by atomic mass is 79.9. The van der Waals surface area contributed by atoms with E-state index in [-0.39, 0.29) is 22.6 Å². The van der Waals surface area contributed by atoms with Crippen LogP contribution in [0.2, 0.25) is 0 Å². The molecule has 0 bridgehead atoms. The van der Waals surface area contributed by atoms with Gasteiger partial charge in [-0.3, -0.25) is 4.79 Å². The monoisotopic (exact) mass is 338 g/mol. The first-order valence-electron chi connectivity index (χ1n) is 6.77. The van der Waals surface area contributed by atoms with Crippen molar-refractivity contribution in [1.29, 1.82) is 0 Å². The van der Waals surface area contributed by atoms with Crippen molar-refractivity contribution in [3.05, 3.63) is 47.7 Å². The summed E-state index contributed by atoms with van der Waals surface area (Å²) in [5, 5.41) is 0. The molecule has 1 heterocycles. The number of benzene rings is 1. The largest absolute Gasteiger partial charge is 0.430 e. The van der Waals surface area contributed by atoms with Gasteiger partial charge in [0.25, 0.3) is 0 Å². The molecule has 1 aromatic carbocycles. The number of cyclic esters (lactones) is 1. The average Bonchev–Trinajstić information content (AvgIpc) is 2.82. The fourth-order valence-corrected chi connectivity index (χ4v) is 2.47. The lowest BCUT2D eigenvalue weighted by molar-refractivity contribution is -0.141. The SMILES string of the molecule is CC(C)[C@H]1C=C([C@H](Br)COCc2ccccc2)OC1=O. The molecule has 0 saturated carbocycles. The highest BCUT2D eigenvalue weighted by Crippen LogP contribution is 2.29. The van der Waals surface area contributed by atoms with Crippen LogP contribution in [0.5, 0.6) is 0 Å². The molecule has 0 amide bonds. The summed E-state index contributed by atoms with van der Waals surface area (Å²) >= 11 is 3.51. The lowest BCUT2D eigenvalue weighted by Crippen LogP contribution is -2.15. The number of hydrogen-bond acceptors (Lipinski definition) is 3. The fraction of sp³-hybridized carbons (Fsp3) is 0.438. The van der Waals surface area contributed by atoms with Gasteiger partial charge in [-0.1, -0.05) is 60.1 Å². The normalized spacial score (nSPS) is 19.9. The molecule has 0 radical (unpaired) electrons. The molecule has 0 N–H and O–H groups in total. The van der Waals surface area contributed by atoms with Gasteiger partial charge in [-0.25, -0.2) is 0 Å². The van der Waals surface area contributed by atoms with Gasteiger partial charge in [-0.15, -0.1) is 0 Å². The minimum atomic E-state index is -0.164. The zero-order valence-corrected chi connectivity index (χ0v) is 13.3. The number of halogens is 1. The molecule has 2 atom stereocenters. The van der Waals surface area contributed by atoms with Crippen molar-refractivity contribution in [2.24, 2.45) is 11.8 Å². The maximum absolute atomic E-state index is 11.7. The second kappa shape index (κ2) is 7.04. The van der Waals surface area contributed by atoms with Crippen molar-refractivity contribution in [2.45, 2.75) is 25.3 Å². The molecular formula is C16H19BrO3. The Hall–Kier alpha value is -1.13. The van der Waals surface area contributed by atoms with E-state index in [1.165, 1.54) is 0 Å². The molecule has 4 heteroatoms. The Morgan fingerprint density at radius 2 is 2.00 bits per heavy atom. The molecule has 1 aromatic rings. The van der Waals surface area contributed by atoms with Crippen LogP contribution >= 0.6 is 15.9 Å². The van der Waals surface area contributed by atoms with Crippen molar-refractivity contribution >= 4 is 21.9 Å². The van der Waals surface area contributed by atoms with Crippen molar-refractivity contribution in [1.82, 2.24) is 0 Å². The molecule has 2 rings (SSSR count). The van der Waals surface area contributed by atoms with Crippen LogP contribution in [0.25, 0.3) is 0 Å². The molecule has 0 saturated heterocycles. The number of ether oxygens (including phenoxy) is 2. The summed E-state index contributed by atoms with van der Waals surface area (Å²) in [4.78, 5) is 11.6. The van der Waals surface area contributed by atoms with E-state index in [2.05, 4.69) is 15.9 Å². The van der Waals surface area contributed by atoms with E-state index in [0.29, 0.717) is 19.0 Å². The van der Waals surface area contributed by atoms with Crippen LogP contribution in [0.15, 0.2) is 42.2 Å². The minimum Gasteiger partial charge on any atom is -0.430 e. The third-order valence-corrected chi connectivity index (χ3v) is 3.95. The van der Waals surface area contributed by atoms with Crippen LogP contribution in [-0.2, 0) is 20.9 Å². The van der Waals surface area contributed by atoms with E-state index in [9.17, 15) is 4.79 Å². The maximum atomic E-state index is 11.7. The molecule has 0 fully saturated rings. The van der Waals surface area contributed by atoms with Crippen LogP contribution < -0.4 is 0 Å². The Labute approximate surface area is 128 Å². The van der Waals surface area contributed by atoms with Crippen LogP contribution in [0.3, 0.4) is 0 Å². The Morgan fingerprint density at radius 1 is 1.30 bits per heavy atom. The number of esters is 1. The summed E-state index contributed by atoms with van der Waals surface area (Å²) in [6.45, 7) is 5.05. The molecule has 0 aromatic heterocycles. The van der Waals surface area contributed by atoms with Crippen molar-refractivity contribution in [3.63, 3.8) is 0 Å². The van der Waals surface area contributed by atoms with Crippen molar-refractivity contribution in [2.75, 3.05) is 6.61 Å². The van der Waals surface area contributed by atoms with Crippen molar-refractivity contribution in [3.8, 4) is 0 Å². The van der Waals surface area contributed by atoms with E-state index in [4.69, 9.17) is 9.47 Å². The third kappa shape index (κ3) is 3.93. The maximum Gasteiger partial charge on any atom is 0.318 e. The Bertz CT molecular complexity index is 482. The number of carbonyl (C=O) groups is 1. The zero-order chi connectivity index (χ0) is 14.5. The van der Waals surface area contributed by atoms with Gasteiger partial charge in [0.05, 0.1) is 24.0 Å². The molecule has 0 aliphatic carbocycles. The van der Waals surface area contributed by atoms with Gasteiger partial charge in [0.1, 0.15) is 5.76 Å². The number of alkyl halides is 1. The summed E-state index contributed by atoms with van der Waals surface area (Å²) in [7, 11) is 0. The molecule has 0 spiro atoms. The van der Waals surface area contributed by atoms with E-state index in [1.54, 1.807) is 0 Å². The molecular weight excluding hydrogens is 320 g/mol. The molecule has 1 aliphatic rings. The first-order valence-corrected chi connectivity index (χ1v) is 7.68. The molecule has 0 unspecified atom stereocenters. The Morgan fingerprint density at radius 3 is 2.60 bits per heavy atom. The van der Waals surface area contributed by atoms with Crippen LogP contribution in [-0.4, -0.2) is 17.4 Å². The summed E-state index contributed by atoms with van der Waals surface area (Å²) < 4.78 is 10.9. The molecule has 108 valence electrons. The quantitative estimate of drug-likeness (QED) is 0.586. The van der Waals surface area contributed by atoms with E-state index < -0.39 is 0 Å². The van der Waals surface area contributed by atoms with Gasteiger partial charge in [0.2, 0.25) is 0 Å². The standard InChI is InChI=1S/C16H19BrO3/c1-11(2)13-8-15(20-16(13)18)14(17)10-19-9-12-6-4-3-5-7-12/h3-8,11,13-14H,9-10H2,1-2H3/t13-,14-/m1/s1. The lowest BCUT2D eigenvalue weighted by atomic mass is 9.97. The smallest absolute Gasteiger partial charge is 0.318 e. The van der Waals surface area contributed by atoms with E-state index in [0.717, 1.165) is 5.56 Å². The second-order valence-electron chi connectivity index (χ2n) is 5.23. The van der Waals surface area contributed by atoms with Crippen LogP contribution in [0, 0.1) is 11.8 Å². The first kappa shape index (κ1) is 15.3. The molecule has 3 nitrogen and oxygen atoms in total. The minimum absolute atomic E-state index is 0.0843. The molecule has 20 heavy (non-hydrogen) atoms. The number of carbonyl (C=O) groups excluding carboxylic acids is 1. The second-order valence-corrected chi connectivity index (χ2v) is 6.33. The molecule has 1 aliphatic heterocycles. The predicted octanol–water partition coefficient (Wildman–Crippen LogP) is 3.68. The van der Waals surface area contributed by atoms with Crippen molar-refractivity contribution < 1.29 is 14.3 Å². The van der Waals surface area contributed by atoms with Gasteiger partial charge in [0, 0.05) is 0 Å². The van der Waals surface area contributed by atoms with Gasteiger partial charge >= 0.3 is 5.97 Å². The predicted molar refractivity (Wildman–Crippen MR) is 81.3 cm³/mol. The van der Waals surface area contributed by atoms with Gasteiger partial charge in [-0.2, -0.15) is 0 Å². The summed E-state index contributed by atoms with van der Waals surface area (Å²) in [5.74, 6) is 0.619. The third-order valence-electron chi connectivity index (χ3n) is 3.24. The highest BCUT2D eigenvalue weighted by Gasteiger charge is 2.32. The fourth-order valence-electron chi connectivity index (χ4n) is 2.03. The average molecular weight is 339 g/mol. The van der Waals surface area contributed by atoms with Gasteiger partial charge in [-0.05, 0) is 17.6 Å². The number of hydrogen-bond donors (Lipinski definition) is 0. The van der Waals surface area contributed by atoms with Gasteiger partial charge in [0.15, 0.2) is 0 Å². The summed E-state index contributed by atoms with van der Waals surface area (Å²) in [6, 6.07) is 9.99. The highest BCUT2D eigenvalue weighted by molar-refractivity contribution is 9.09. The summed E-state index contributed by atoms with van der Waals surface area (Å²) in [5.41, 5.74) is 1.13. The lowest BCUT2D eigenvalue weighted by Gasteiger charge is -2.11. The Kier molecular flexibility index (Phi) is 5.38. The van der Waals surface area contributed by atoms with Crippen LogP contribution in [0.1, 0.15) is 19.4 Å². The van der Waals surface area contributed by atoms with Gasteiger partial charge < -0.3 is 9.47 Å². The van der Waals surface area contributed by atoms with E-state index in [1.807, 2.05) is 50.3 Å². The summed E-state index contributed by atoms with van der Waals surface area (Å²) in [6.07, 6.45) is 1.90. The number of rotatable bonds is 6. The topological polar surface area (TPSA) is 35.5 Å². The van der Waals surface area contributed by atoms with E-state index >= 15 is 0 Å². The first-order chi connectivity index (χ1) is 9.58. The zero-order valence-electron chi connectivity index (χ0n) is 11.7.